The van der Waals surface area contributed by atoms with E-state index in [1.165, 1.54) is 12.8 Å². The predicted octanol–water partition coefficient (Wildman–Crippen LogP) is 2.91. The summed E-state index contributed by atoms with van der Waals surface area (Å²) in [6.07, 6.45) is 4.76. The van der Waals surface area contributed by atoms with Crippen LogP contribution >= 0.6 is 0 Å². The average molecular weight is 221 g/mol. The number of hydrogen-bond donors (Lipinski definition) is 0. The molecule has 0 N–H and O–H groups in total. The molecule has 0 aliphatic heterocycles. The lowest BCUT2D eigenvalue weighted by atomic mass is 10.1. The first-order valence-electron chi connectivity index (χ1n) is 5.94. The van der Waals surface area contributed by atoms with Crippen molar-refractivity contribution in [2.75, 3.05) is 7.05 Å². The Balaban J connectivity index is 2.14. The Morgan fingerprint density at radius 2 is 2.00 bits per heavy atom. The zero-order valence-corrected chi connectivity index (χ0v) is 10.2. The van der Waals surface area contributed by atoms with E-state index in [0.717, 1.165) is 24.4 Å². The van der Waals surface area contributed by atoms with Crippen molar-refractivity contribution in [1.82, 2.24) is 4.90 Å². The summed E-state index contributed by atoms with van der Waals surface area (Å²) >= 11 is 0. The van der Waals surface area contributed by atoms with Crippen LogP contribution in [0.4, 0.5) is 0 Å². The lowest BCUT2D eigenvalue weighted by Gasteiger charge is -2.23. The summed E-state index contributed by atoms with van der Waals surface area (Å²) in [5, 5.41) is 0. The summed E-state index contributed by atoms with van der Waals surface area (Å²) in [5.74, 6) is 1.63. The standard InChI is InChI=1S/C13H19NO2/c1-9-8-12(10(2)16-9)13(15)14(3)11-6-4-5-7-11/h8,11H,4-7H2,1-3H3. The van der Waals surface area contributed by atoms with Crippen molar-refractivity contribution in [1.29, 1.82) is 0 Å². The second kappa shape index (κ2) is 4.32. The monoisotopic (exact) mass is 221 g/mol. The number of aryl methyl sites for hydroxylation is 2. The van der Waals surface area contributed by atoms with Gasteiger partial charge in [0.05, 0.1) is 5.56 Å². The van der Waals surface area contributed by atoms with Gasteiger partial charge in [-0.2, -0.15) is 0 Å². The van der Waals surface area contributed by atoms with Crippen molar-refractivity contribution in [3.63, 3.8) is 0 Å². The molecule has 16 heavy (non-hydrogen) atoms. The maximum absolute atomic E-state index is 12.2. The lowest BCUT2D eigenvalue weighted by Crippen LogP contribution is -2.35. The highest BCUT2D eigenvalue weighted by Crippen LogP contribution is 2.25. The van der Waals surface area contributed by atoms with Crippen LogP contribution in [0.3, 0.4) is 0 Å². The fourth-order valence-corrected chi connectivity index (χ4v) is 2.49. The smallest absolute Gasteiger partial charge is 0.257 e. The van der Waals surface area contributed by atoms with Gasteiger partial charge < -0.3 is 9.32 Å². The fourth-order valence-electron chi connectivity index (χ4n) is 2.49. The summed E-state index contributed by atoms with van der Waals surface area (Å²) in [5.41, 5.74) is 0.715. The molecule has 0 bridgehead atoms. The van der Waals surface area contributed by atoms with Crippen LogP contribution in [0.15, 0.2) is 10.5 Å². The van der Waals surface area contributed by atoms with Gasteiger partial charge in [-0.1, -0.05) is 12.8 Å². The number of amides is 1. The first-order valence-corrected chi connectivity index (χ1v) is 5.94. The topological polar surface area (TPSA) is 33.5 Å². The number of nitrogens with zero attached hydrogens (tertiary/aromatic N) is 1. The lowest BCUT2D eigenvalue weighted by molar-refractivity contribution is 0.0733. The van der Waals surface area contributed by atoms with E-state index < -0.39 is 0 Å². The highest BCUT2D eigenvalue weighted by atomic mass is 16.3. The quantitative estimate of drug-likeness (QED) is 0.769. The Hall–Kier alpha value is -1.25. The second-order valence-corrected chi connectivity index (χ2v) is 4.68. The molecule has 1 heterocycles. The molecule has 1 amide bonds. The molecule has 88 valence electrons. The molecule has 1 aliphatic carbocycles. The number of carbonyl (C=O) groups is 1. The van der Waals surface area contributed by atoms with Crippen LogP contribution in [0.5, 0.6) is 0 Å². The maximum atomic E-state index is 12.2. The predicted molar refractivity (Wildman–Crippen MR) is 62.5 cm³/mol. The molecule has 1 aromatic rings. The Morgan fingerprint density at radius 3 is 2.50 bits per heavy atom. The van der Waals surface area contributed by atoms with Gasteiger partial charge in [-0.25, -0.2) is 0 Å². The molecule has 0 radical (unpaired) electrons. The highest BCUT2D eigenvalue weighted by molar-refractivity contribution is 5.95. The van der Waals surface area contributed by atoms with Gasteiger partial charge in [0.15, 0.2) is 0 Å². The highest BCUT2D eigenvalue weighted by Gasteiger charge is 2.26. The zero-order valence-electron chi connectivity index (χ0n) is 10.2. The van der Waals surface area contributed by atoms with E-state index in [1.807, 2.05) is 31.9 Å². The Labute approximate surface area is 96.4 Å². The van der Waals surface area contributed by atoms with Crippen LogP contribution < -0.4 is 0 Å². The molecule has 1 fully saturated rings. The van der Waals surface area contributed by atoms with Crippen molar-refractivity contribution in [2.24, 2.45) is 0 Å². The molecule has 2 rings (SSSR count). The minimum Gasteiger partial charge on any atom is -0.466 e. The van der Waals surface area contributed by atoms with E-state index in [1.54, 1.807) is 0 Å². The van der Waals surface area contributed by atoms with Crippen LogP contribution in [-0.4, -0.2) is 23.9 Å². The Kier molecular flexibility index (Phi) is 3.03. The molecule has 1 saturated carbocycles. The third kappa shape index (κ3) is 1.99. The molecule has 0 saturated heterocycles. The maximum Gasteiger partial charge on any atom is 0.257 e. The van der Waals surface area contributed by atoms with Gasteiger partial charge in [0.1, 0.15) is 11.5 Å². The molecule has 0 aromatic carbocycles. The minimum absolute atomic E-state index is 0.0984. The second-order valence-electron chi connectivity index (χ2n) is 4.68. The van der Waals surface area contributed by atoms with Gasteiger partial charge in [-0.3, -0.25) is 4.79 Å². The number of rotatable bonds is 2. The third-order valence-corrected chi connectivity index (χ3v) is 3.46. The largest absolute Gasteiger partial charge is 0.466 e. The van der Waals surface area contributed by atoms with Crippen molar-refractivity contribution in [3.05, 3.63) is 23.2 Å². The van der Waals surface area contributed by atoms with Gasteiger partial charge in [-0.05, 0) is 32.8 Å². The van der Waals surface area contributed by atoms with E-state index in [0.29, 0.717) is 11.6 Å². The van der Waals surface area contributed by atoms with Gasteiger partial charge >= 0.3 is 0 Å². The fraction of sp³-hybridized carbons (Fsp3) is 0.615. The first-order chi connectivity index (χ1) is 7.59. The van der Waals surface area contributed by atoms with Gasteiger partial charge in [0.2, 0.25) is 0 Å². The third-order valence-electron chi connectivity index (χ3n) is 3.46. The van der Waals surface area contributed by atoms with E-state index >= 15 is 0 Å². The summed E-state index contributed by atoms with van der Waals surface area (Å²) in [4.78, 5) is 14.1. The minimum atomic E-state index is 0.0984. The molecule has 1 aliphatic rings. The number of hydrogen-bond acceptors (Lipinski definition) is 2. The molecular weight excluding hydrogens is 202 g/mol. The molecule has 1 aromatic heterocycles. The van der Waals surface area contributed by atoms with Crippen LogP contribution in [0.2, 0.25) is 0 Å². The van der Waals surface area contributed by atoms with Crippen molar-refractivity contribution in [3.8, 4) is 0 Å². The zero-order chi connectivity index (χ0) is 11.7. The van der Waals surface area contributed by atoms with Gasteiger partial charge in [-0.15, -0.1) is 0 Å². The van der Waals surface area contributed by atoms with Crippen molar-refractivity contribution >= 4 is 5.91 Å². The molecule has 3 nitrogen and oxygen atoms in total. The molecular formula is C13H19NO2. The molecule has 3 heteroatoms. The van der Waals surface area contributed by atoms with Crippen molar-refractivity contribution in [2.45, 2.75) is 45.6 Å². The number of furan rings is 1. The molecule has 0 spiro atoms. The van der Waals surface area contributed by atoms with E-state index in [9.17, 15) is 4.79 Å². The summed E-state index contributed by atoms with van der Waals surface area (Å²) < 4.78 is 5.40. The normalized spacial score (nSPS) is 16.7. The average Bonchev–Trinajstić information content (AvgIpc) is 2.85. The van der Waals surface area contributed by atoms with Crippen LogP contribution in [0, 0.1) is 13.8 Å². The van der Waals surface area contributed by atoms with Crippen LogP contribution in [0.25, 0.3) is 0 Å². The Bertz CT molecular complexity index is 389. The summed E-state index contributed by atoms with van der Waals surface area (Å²) in [6.45, 7) is 3.72. The number of carbonyl (C=O) groups excluding carboxylic acids is 1. The molecule has 0 unspecified atom stereocenters. The van der Waals surface area contributed by atoms with E-state index in [4.69, 9.17) is 4.42 Å². The van der Waals surface area contributed by atoms with Gasteiger partial charge in [0, 0.05) is 13.1 Å². The summed E-state index contributed by atoms with van der Waals surface area (Å²) in [7, 11) is 1.90. The van der Waals surface area contributed by atoms with Crippen LogP contribution in [0.1, 0.15) is 47.6 Å². The van der Waals surface area contributed by atoms with E-state index in [2.05, 4.69) is 0 Å². The van der Waals surface area contributed by atoms with E-state index in [-0.39, 0.29) is 5.91 Å². The first kappa shape index (κ1) is 11.2. The van der Waals surface area contributed by atoms with Crippen LogP contribution in [-0.2, 0) is 0 Å². The van der Waals surface area contributed by atoms with Gasteiger partial charge in [0.25, 0.3) is 5.91 Å². The Morgan fingerprint density at radius 1 is 1.38 bits per heavy atom. The molecule has 0 atom stereocenters. The van der Waals surface area contributed by atoms with Crippen molar-refractivity contribution < 1.29 is 9.21 Å². The summed E-state index contributed by atoms with van der Waals surface area (Å²) in [6, 6.07) is 2.26. The SMILES string of the molecule is Cc1cc(C(=O)N(C)C2CCCC2)c(C)o1.